The topological polar surface area (TPSA) is 29.5 Å². The van der Waals surface area contributed by atoms with Gasteiger partial charge in [-0.2, -0.15) is 0 Å². The largest absolute Gasteiger partial charge is 0.496 e. The summed E-state index contributed by atoms with van der Waals surface area (Å²) < 4.78 is 5.35. The molecule has 0 heterocycles. The number of anilines is 1. The number of Topliss-reactive ketones (excluding diaryl/α,β-unsaturated/α-hetero) is 1. The van der Waals surface area contributed by atoms with Crippen LogP contribution >= 0.6 is 0 Å². The molecule has 112 valence electrons. The van der Waals surface area contributed by atoms with Crippen molar-refractivity contribution < 1.29 is 9.53 Å². The SMILES string of the molecule is CCC(CC)CN(CC)c1cccc(OC)c1C(C)=O. The zero-order valence-electron chi connectivity index (χ0n) is 13.4. The van der Waals surface area contributed by atoms with Crippen molar-refractivity contribution in [1.29, 1.82) is 0 Å². The first-order valence-corrected chi connectivity index (χ1v) is 7.51. The summed E-state index contributed by atoms with van der Waals surface area (Å²) in [4.78, 5) is 14.3. The van der Waals surface area contributed by atoms with Gasteiger partial charge in [-0.3, -0.25) is 4.79 Å². The van der Waals surface area contributed by atoms with E-state index in [1.807, 2.05) is 18.2 Å². The van der Waals surface area contributed by atoms with Crippen LogP contribution < -0.4 is 9.64 Å². The number of methoxy groups -OCH3 is 1. The Morgan fingerprint density at radius 1 is 1.25 bits per heavy atom. The number of ketones is 1. The number of ether oxygens (including phenoxy) is 1. The van der Waals surface area contributed by atoms with Crippen molar-refractivity contribution in [2.24, 2.45) is 5.92 Å². The lowest BCUT2D eigenvalue weighted by molar-refractivity contribution is 0.101. The number of hydrogen-bond donors (Lipinski definition) is 0. The molecule has 0 unspecified atom stereocenters. The van der Waals surface area contributed by atoms with Gasteiger partial charge in [-0.05, 0) is 31.9 Å². The molecule has 0 fully saturated rings. The summed E-state index contributed by atoms with van der Waals surface area (Å²) in [6, 6.07) is 5.83. The maximum Gasteiger partial charge on any atom is 0.165 e. The van der Waals surface area contributed by atoms with E-state index in [-0.39, 0.29) is 5.78 Å². The van der Waals surface area contributed by atoms with Crippen LogP contribution in [-0.2, 0) is 0 Å². The lowest BCUT2D eigenvalue weighted by Gasteiger charge is -2.29. The van der Waals surface area contributed by atoms with Crippen LogP contribution in [0, 0.1) is 5.92 Å². The number of carbonyl (C=O) groups is 1. The number of carbonyl (C=O) groups excluding carboxylic acids is 1. The third kappa shape index (κ3) is 3.75. The molecule has 0 atom stereocenters. The monoisotopic (exact) mass is 277 g/mol. The second kappa shape index (κ2) is 7.93. The summed E-state index contributed by atoms with van der Waals surface area (Å²) in [6.45, 7) is 10.1. The summed E-state index contributed by atoms with van der Waals surface area (Å²) in [7, 11) is 1.61. The van der Waals surface area contributed by atoms with Gasteiger partial charge >= 0.3 is 0 Å². The Kier molecular flexibility index (Phi) is 6.56. The van der Waals surface area contributed by atoms with Gasteiger partial charge in [-0.15, -0.1) is 0 Å². The van der Waals surface area contributed by atoms with Crippen molar-refractivity contribution in [2.75, 3.05) is 25.1 Å². The minimum absolute atomic E-state index is 0.0560. The highest BCUT2D eigenvalue weighted by Crippen LogP contribution is 2.30. The smallest absolute Gasteiger partial charge is 0.165 e. The van der Waals surface area contributed by atoms with Crippen molar-refractivity contribution >= 4 is 11.5 Å². The molecule has 0 saturated carbocycles. The molecular formula is C17H27NO2. The van der Waals surface area contributed by atoms with E-state index in [4.69, 9.17) is 4.74 Å². The predicted molar refractivity (Wildman–Crippen MR) is 85.0 cm³/mol. The van der Waals surface area contributed by atoms with Crippen LogP contribution in [0.5, 0.6) is 5.75 Å². The highest BCUT2D eigenvalue weighted by atomic mass is 16.5. The molecule has 0 N–H and O–H groups in total. The lowest BCUT2D eigenvalue weighted by atomic mass is 10.0. The Balaban J connectivity index is 3.17. The molecule has 0 aliphatic carbocycles. The van der Waals surface area contributed by atoms with Crippen molar-refractivity contribution in [3.63, 3.8) is 0 Å². The first-order valence-electron chi connectivity index (χ1n) is 7.51. The summed E-state index contributed by atoms with van der Waals surface area (Å²) in [5, 5.41) is 0. The number of benzene rings is 1. The second-order valence-electron chi connectivity index (χ2n) is 5.13. The molecule has 1 aromatic rings. The summed E-state index contributed by atoms with van der Waals surface area (Å²) in [6.07, 6.45) is 2.32. The van der Waals surface area contributed by atoms with Crippen molar-refractivity contribution in [1.82, 2.24) is 0 Å². The molecule has 0 aromatic heterocycles. The Labute approximate surface area is 122 Å². The molecule has 3 nitrogen and oxygen atoms in total. The normalized spacial score (nSPS) is 10.7. The quantitative estimate of drug-likeness (QED) is 0.668. The van der Waals surface area contributed by atoms with Crippen LogP contribution in [-0.4, -0.2) is 26.0 Å². The minimum Gasteiger partial charge on any atom is -0.496 e. The standard InChI is InChI=1S/C17H27NO2/c1-6-14(7-2)12-18(8-3)15-10-9-11-16(20-5)17(15)13(4)19/h9-11,14H,6-8,12H2,1-5H3. The van der Waals surface area contributed by atoms with E-state index in [1.165, 1.54) is 0 Å². The molecule has 1 rings (SSSR count). The van der Waals surface area contributed by atoms with E-state index in [9.17, 15) is 4.79 Å². The number of rotatable bonds is 8. The fourth-order valence-electron chi connectivity index (χ4n) is 2.56. The van der Waals surface area contributed by atoms with Crippen molar-refractivity contribution in [3.8, 4) is 5.75 Å². The van der Waals surface area contributed by atoms with Gasteiger partial charge in [-0.25, -0.2) is 0 Å². The average Bonchev–Trinajstić information content (AvgIpc) is 2.47. The Hall–Kier alpha value is -1.51. The van der Waals surface area contributed by atoms with Crippen LogP contribution in [0.2, 0.25) is 0 Å². The van der Waals surface area contributed by atoms with Crippen LogP contribution in [0.25, 0.3) is 0 Å². The molecule has 0 radical (unpaired) electrons. The highest BCUT2D eigenvalue weighted by Gasteiger charge is 2.19. The third-order valence-corrected chi connectivity index (χ3v) is 3.93. The molecule has 0 aliphatic heterocycles. The fraction of sp³-hybridized carbons (Fsp3) is 0.588. The van der Waals surface area contributed by atoms with Crippen molar-refractivity contribution in [3.05, 3.63) is 23.8 Å². The van der Waals surface area contributed by atoms with Crippen LogP contribution in [0.15, 0.2) is 18.2 Å². The predicted octanol–water partition coefficient (Wildman–Crippen LogP) is 4.16. The number of hydrogen-bond acceptors (Lipinski definition) is 3. The van der Waals surface area contributed by atoms with E-state index in [2.05, 4.69) is 25.7 Å². The maximum absolute atomic E-state index is 12.0. The van der Waals surface area contributed by atoms with Gasteiger partial charge in [0.15, 0.2) is 5.78 Å². The molecule has 0 amide bonds. The Bertz CT molecular complexity index is 439. The summed E-state index contributed by atoms with van der Waals surface area (Å²) in [5.41, 5.74) is 1.69. The van der Waals surface area contributed by atoms with Gasteiger partial charge in [-0.1, -0.05) is 32.8 Å². The van der Waals surface area contributed by atoms with Gasteiger partial charge in [0.25, 0.3) is 0 Å². The van der Waals surface area contributed by atoms with Gasteiger partial charge in [0, 0.05) is 13.1 Å². The van der Waals surface area contributed by atoms with E-state index in [1.54, 1.807) is 14.0 Å². The van der Waals surface area contributed by atoms with Gasteiger partial charge < -0.3 is 9.64 Å². The van der Waals surface area contributed by atoms with E-state index < -0.39 is 0 Å². The molecule has 0 bridgehead atoms. The van der Waals surface area contributed by atoms with Gasteiger partial charge in [0.05, 0.1) is 18.4 Å². The lowest BCUT2D eigenvalue weighted by Crippen LogP contribution is -2.30. The zero-order chi connectivity index (χ0) is 15.1. The average molecular weight is 277 g/mol. The summed E-state index contributed by atoms with van der Waals surface area (Å²) in [5.74, 6) is 1.37. The first kappa shape index (κ1) is 16.5. The zero-order valence-corrected chi connectivity index (χ0v) is 13.4. The fourth-order valence-corrected chi connectivity index (χ4v) is 2.56. The van der Waals surface area contributed by atoms with Crippen LogP contribution in [0.3, 0.4) is 0 Å². The van der Waals surface area contributed by atoms with E-state index in [0.29, 0.717) is 17.2 Å². The molecule has 20 heavy (non-hydrogen) atoms. The van der Waals surface area contributed by atoms with E-state index in [0.717, 1.165) is 31.6 Å². The second-order valence-corrected chi connectivity index (χ2v) is 5.13. The molecule has 1 aromatic carbocycles. The highest BCUT2D eigenvalue weighted by molar-refractivity contribution is 6.02. The maximum atomic E-state index is 12.0. The molecule has 3 heteroatoms. The van der Waals surface area contributed by atoms with Gasteiger partial charge in [0.1, 0.15) is 5.75 Å². The molecule has 0 saturated heterocycles. The number of nitrogens with zero attached hydrogens (tertiary/aromatic N) is 1. The van der Waals surface area contributed by atoms with Crippen LogP contribution in [0.4, 0.5) is 5.69 Å². The minimum atomic E-state index is 0.0560. The molecule has 0 spiro atoms. The molecular weight excluding hydrogens is 250 g/mol. The van der Waals surface area contributed by atoms with Crippen molar-refractivity contribution in [2.45, 2.75) is 40.5 Å². The Morgan fingerprint density at radius 2 is 1.90 bits per heavy atom. The molecule has 0 aliphatic rings. The van der Waals surface area contributed by atoms with E-state index >= 15 is 0 Å². The first-order chi connectivity index (χ1) is 9.58. The van der Waals surface area contributed by atoms with Crippen LogP contribution in [0.1, 0.15) is 50.9 Å². The third-order valence-electron chi connectivity index (χ3n) is 3.93. The summed E-state index contributed by atoms with van der Waals surface area (Å²) >= 11 is 0. The Morgan fingerprint density at radius 3 is 2.35 bits per heavy atom. The van der Waals surface area contributed by atoms with Gasteiger partial charge in [0.2, 0.25) is 0 Å².